The molecule has 0 spiro atoms. The smallest absolute Gasteiger partial charge is 0.224 e. The molecule has 4 N–H and O–H groups in total. The van der Waals surface area contributed by atoms with Gasteiger partial charge in [0.25, 0.3) is 0 Å². The lowest BCUT2D eigenvalue weighted by Crippen LogP contribution is -2.53. The third kappa shape index (κ3) is 4.82. The first kappa shape index (κ1) is 22.4. The zero-order chi connectivity index (χ0) is 22.7. The second kappa shape index (κ2) is 9.76. The topological polar surface area (TPSA) is 125 Å². The van der Waals surface area contributed by atoms with Gasteiger partial charge in [0.2, 0.25) is 5.91 Å². The molecule has 0 radical (unpaired) electrons. The molecule has 1 fully saturated rings. The first-order chi connectivity index (χ1) is 15.5. The molecule has 1 aliphatic carbocycles. The van der Waals surface area contributed by atoms with Gasteiger partial charge >= 0.3 is 0 Å². The maximum atomic E-state index is 13.0. The van der Waals surface area contributed by atoms with Gasteiger partial charge in [0.15, 0.2) is 5.17 Å². The highest BCUT2D eigenvalue weighted by atomic mass is 32.2. The van der Waals surface area contributed by atoms with Gasteiger partial charge in [0, 0.05) is 48.1 Å². The van der Waals surface area contributed by atoms with Gasteiger partial charge in [-0.25, -0.2) is 0 Å². The number of hydrogen-bond donors (Lipinski definition) is 4. The number of thioether (sulfide) groups is 1. The molecule has 1 aromatic carbocycles. The van der Waals surface area contributed by atoms with Gasteiger partial charge in [-0.15, -0.1) is 0 Å². The van der Waals surface area contributed by atoms with E-state index in [0.717, 1.165) is 5.56 Å². The summed E-state index contributed by atoms with van der Waals surface area (Å²) in [4.78, 5) is 21.6. The lowest BCUT2D eigenvalue weighted by atomic mass is 9.81. The summed E-state index contributed by atoms with van der Waals surface area (Å²) in [5.74, 6) is 0.566. The average molecular weight is 459 g/mol. The van der Waals surface area contributed by atoms with Crippen molar-refractivity contribution < 1.29 is 24.5 Å². The standard InChI is InChI=1S/C22H26N4O5S/c1-30-14-6-13(7-15(8-14)31-2)25-22-26-18-19(28)17(27)9-16(20(18)32-22)21(29)24-11-12-4-3-5-23-10-12/h3-8,10,16-20,27-28H,9,11H2,1-2H3,(H,24,29)(H,25,26). The summed E-state index contributed by atoms with van der Waals surface area (Å²) < 4.78 is 10.6. The number of aliphatic imine (C=N–C) groups is 1. The van der Waals surface area contributed by atoms with Crippen molar-refractivity contribution in [1.29, 1.82) is 0 Å². The van der Waals surface area contributed by atoms with E-state index in [0.29, 0.717) is 28.9 Å². The average Bonchev–Trinajstić information content (AvgIpc) is 3.24. The number of carbonyl (C=O) groups excluding carboxylic acids is 1. The number of methoxy groups -OCH3 is 2. The Morgan fingerprint density at radius 3 is 2.62 bits per heavy atom. The van der Waals surface area contributed by atoms with Crippen LogP contribution in [0.1, 0.15) is 12.0 Å². The predicted octanol–water partition coefficient (Wildman–Crippen LogP) is 1.41. The lowest BCUT2D eigenvalue weighted by molar-refractivity contribution is -0.129. The molecular weight excluding hydrogens is 432 g/mol. The number of rotatable bonds is 6. The molecule has 4 rings (SSSR count). The summed E-state index contributed by atoms with van der Waals surface area (Å²) in [5, 5.41) is 27.3. The van der Waals surface area contributed by atoms with Gasteiger partial charge in [-0.1, -0.05) is 17.8 Å². The third-order valence-electron chi connectivity index (χ3n) is 5.62. The van der Waals surface area contributed by atoms with Crippen molar-refractivity contribution in [3.63, 3.8) is 0 Å². The van der Waals surface area contributed by atoms with E-state index < -0.39 is 24.2 Å². The molecule has 5 unspecified atom stereocenters. The van der Waals surface area contributed by atoms with E-state index in [-0.39, 0.29) is 17.6 Å². The summed E-state index contributed by atoms with van der Waals surface area (Å²) in [6.45, 7) is 0.347. The fourth-order valence-electron chi connectivity index (χ4n) is 3.93. The van der Waals surface area contributed by atoms with Gasteiger partial charge in [-0.2, -0.15) is 0 Å². The van der Waals surface area contributed by atoms with Crippen LogP contribution in [-0.4, -0.2) is 64.0 Å². The number of amidine groups is 1. The monoisotopic (exact) mass is 458 g/mol. The van der Waals surface area contributed by atoms with Gasteiger partial charge in [0.1, 0.15) is 17.6 Å². The molecule has 32 heavy (non-hydrogen) atoms. The quantitative estimate of drug-likeness (QED) is 0.512. The number of ether oxygens (including phenoxy) is 2. The minimum absolute atomic E-state index is 0.171. The second-order valence-electron chi connectivity index (χ2n) is 7.71. The molecule has 5 atom stereocenters. The van der Waals surface area contributed by atoms with Gasteiger partial charge in [-0.3, -0.25) is 14.8 Å². The molecule has 1 aliphatic heterocycles. The number of amides is 1. The molecule has 2 aromatic rings. The minimum atomic E-state index is -1.03. The molecule has 0 bridgehead atoms. The SMILES string of the molecule is COc1cc(NC2=NC3C(O)C(O)CC(C(=O)NCc4cccnc4)C3S2)cc(OC)c1. The number of aromatic nitrogens is 1. The van der Waals surface area contributed by atoms with Crippen LogP contribution in [0, 0.1) is 5.92 Å². The molecule has 1 amide bonds. The van der Waals surface area contributed by atoms with Crippen molar-refractivity contribution in [3.8, 4) is 11.5 Å². The zero-order valence-electron chi connectivity index (χ0n) is 17.8. The Kier molecular flexibility index (Phi) is 6.83. The van der Waals surface area contributed by atoms with E-state index in [1.807, 2.05) is 12.1 Å². The fourth-order valence-corrected chi connectivity index (χ4v) is 5.31. The molecule has 170 valence electrons. The number of carbonyl (C=O) groups is 1. The third-order valence-corrected chi connectivity index (χ3v) is 6.93. The first-order valence-corrected chi connectivity index (χ1v) is 11.1. The van der Waals surface area contributed by atoms with Crippen molar-refractivity contribution in [2.45, 2.75) is 36.5 Å². The van der Waals surface area contributed by atoms with E-state index in [1.165, 1.54) is 11.8 Å². The second-order valence-corrected chi connectivity index (χ2v) is 8.88. The molecule has 1 saturated carbocycles. The molecule has 2 heterocycles. The van der Waals surface area contributed by atoms with E-state index >= 15 is 0 Å². The number of nitrogens with zero attached hydrogens (tertiary/aromatic N) is 2. The molecule has 9 nitrogen and oxygen atoms in total. The van der Waals surface area contributed by atoms with Crippen LogP contribution in [0.4, 0.5) is 5.69 Å². The molecule has 0 saturated heterocycles. The summed E-state index contributed by atoms with van der Waals surface area (Å²) >= 11 is 1.39. The Bertz CT molecular complexity index is 967. The number of aliphatic hydroxyl groups is 2. The normalized spacial score (nSPS) is 26.6. The lowest BCUT2D eigenvalue weighted by Gasteiger charge is -2.37. The largest absolute Gasteiger partial charge is 0.497 e. The van der Waals surface area contributed by atoms with Crippen LogP contribution in [0.5, 0.6) is 11.5 Å². The Labute approximate surface area is 190 Å². The van der Waals surface area contributed by atoms with Crippen LogP contribution in [0.25, 0.3) is 0 Å². The highest BCUT2D eigenvalue weighted by Crippen LogP contribution is 2.42. The number of fused-ring (bicyclic) bond motifs is 1. The van der Waals surface area contributed by atoms with E-state index in [4.69, 9.17) is 9.47 Å². The van der Waals surface area contributed by atoms with Gasteiger partial charge in [0.05, 0.1) is 32.3 Å². The van der Waals surface area contributed by atoms with Crippen LogP contribution in [0.2, 0.25) is 0 Å². The Balaban J connectivity index is 1.47. The summed E-state index contributed by atoms with van der Waals surface area (Å²) in [7, 11) is 3.14. The molecule has 1 aromatic heterocycles. The number of benzene rings is 1. The Morgan fingerprint density at radius 1 is 1.22 bits per heavy atom. The van der Waals surface area contributed by atoms with Crippen LogP contribution in [0.15, 0.2) is 47.7 Å². The Hall–Kier alpha value is -2.82. The van der Waals surface area contributed by atoms with Crippen molar-refractivity contribution in [2.75, 3.05) is 19.5 Å². The van der Waals surface area contributed by atoms with Crippen LogP contribution in [-0.2, 0) is 11.3 Å². The van der Waals surface area contributed by atoms with Crippen molar-refractivity contribution >= 4 is 28.5 Å². The van der Waals surface area contributed by atoms with Crippen LogP contribution in [0.3, 0.4) is 0 Å². The number of hydrogen-bond acceptors (Lipinski definition) is 9. The van der Waals surface area contributed by atoms with E-state index in [1.54, 1.807) is 44.8 Å². The van der Waals surface area contributed by atoms with Crippen LogP contribution < -0.4 is 20.1 Å². The molecule has 10 heteroatoms. The first-order valence-electron chi connectivity index (χ1n) is 10.3. The number of pyridine rings is 1. The maximum absolute atomic E-state index is 13.0. The number of aliphatic hydroxyl groups excluding tert-OH is 2. The van der Waals surface area contributed by atoms with Crippen molar-refractivity contribution in [3.05, 3.63) is 48.3 Å². The number of anilines is 1. The predicted molar refractivity (Wildman–Crippen MR) is 122 cm³/mol. The molecular formula is C22H26N4O5S. The Morgan fingerprint density at radius 2 is 1.97 bits per heavy atom. The van der Waals surface area contributed by atoms with E-state index in [9.17, 15) is 15.0 Å². The summed E-state index contributed by atoms with van der Waals surface area (Å²) in [5.41, 5.74) is 1.59. The van der Waals surface area contributed by atoms with Gasteiger partial charge < -0.3 is 30.3 Å². The highest BCUT2D eigenvalue weighted by Gasteiger charge is 2.50. The maximum Gasteiger partial charge on any atom is 0.224 e. The minimum Gasteiger partial charge on any atom is -0.497 e. The fraction of sp³-hybridized carbons (Fsp3) is 0.409. The van der Waals surface area contributed by atoms with Gasteiger partial charge in [-0.05, 0) is 18.1 Å². The van der Waals surface area contributed by atoms with Crippen molar-refractivity contribution in [2.24, 2.45) is 10.9 Å². The summed E-state index contributed by atoms with van der Waals surface area (Å²) in [6, 6.07) is 8.47. The summed E-state index contributed by atoms with van der Waals surface area (Å²) in [6.07, 6.45) is 1.48. The van der Waals surface area contributed by atoms with E-state index in [2.05, 4.69) is 20.6 Å². The van der Waals surface area contributed by atoms with Crippen molar-refractivity contribution in [1.82, 2.24) is 10.3 Å². The number of nitrogens with one attached hydrogen (secondary N) is 2. The van der Waals surface area contributed by atoms with Crippen LogP contribution >= 0.6 is 11.8 Å². The molecule has 2 aliphatic rings. The zero-order valence-corrected chi connectivity index (χ0v) is 18.6. The highest BCUT2D eigenvalue weighted by molar-refractivity contribution is 8.15.